The molecular weight excluding hydrogens is 226 g/mol. The summed E-state index contributed by atoms with van der Waals surface area (Å²) in [6.45, 7) is 11.4. The molecule has 18 heavy (non-hydrogen) atoms. The van der Waals surface area contributed by atoms with Gasteiger partial charge in [0.15, 0.2) is 0 Å². The van der Waals surface area contributed by atoms with Crippen molar-refractivity contribution in [3.8, 4) is 0 Å². The molecule has 100 valence electrons. The highest BCUT2D eigenvalue weighted by Crippen LogP contribution is 2.18. The van der Waals surface area contributed by atoms with Gasteiger partial charge in [-0.3, -0.25) is 9.88 Å². The van der Waals surface area contributed by atoms with Crippen molar-refractivity contribution in [3.63, 3.8) is 0 Å². The van der Waals surface area contributed by atoms with E-state index in [-0.39, 0.29) is 5.54 Å². The lowest BCUT2D eigenvalue weighted by Gasteiger charge is -2.42. The molecule has 1 aliphatic heterocycles. The number of anilines is 1. The summed E-state index contributed by atoms with van der Waals surface area (Å²) in [6, 6.07) is 0. The van der Waals surface area contributed by atoms with Gasteiger partial charge in [-0.25, -0.2) is 4.98 Å². The van der Waals surface area contributed by atoms with Crippen LogP contribution in [0.15, 0.2) is 12.4 Å². The highest BCUT2D eigenvalue weighted by atomic mass is 15.3. The number of nitrogens with zero attached hydrogens (tertiary/aromatic N) is 4. The molecule has 1 aromatic rings. The number of rotatable bonds is 2. The molecular formula is C13H23N5. The van der Waals surface area contributed by atoms with Gasteiger partial charge < -0.3 is 10.6 Å². The fraction of sp³-hybridized carbons (Fsp3) is 0.692. The molecule has 0 unspecified atom stereocenters. The van der Waals surface area contributed by atoms with E-state index in [2.05, 4.69) is 40.5 Å². The van der Waals surface area contributed by atoms with Crippen LogP contribution in [0.25, 0.3) is 0 Å². The Morgan fingerprint density at radius 3 is 2.22 bits per heavy atom. The molecule has 0 saturated carbocycles. The van der Waals surface area contributed by atoms with Crippen molar-refractivity contribution in [1.29, 1.82) is 0 Å². The third-order valence-electron chi connectivity index (χ3n) is 3.45. The van der Waals surface area contributed by atoms with Gasteiger partial charge in [-0.1, -0.05) is 0 Å². The molecule has 0 atom stereocenters. The van der Waals surface area contributed by atoms with Crippen LogP contribution in [0.1, 0.15) is 26.5 Å². The Morgan fingerprint density at radius 2 is 1.78 bits per heavy atom. The van der Waals surface area contributed by atoms with Crippen LogP contribution in [0, 0.1) is 0 Å². The summed E-state index contributed by atoms with van der Waals surface area (Å²) >= 11 is 0. The van der Waals surface area contributed by atoms with Gasteiger partial charge in [-0.15, -0.1) is 0 Å². The van der Waals surface area contributed by atoms with Crippen molar-refractivity contribution in [1.82, 2.24) is 14.9 Å². The zero-order valence-electron chi connectivity index (χ0n) is 11.6. The summed E-state index contributed by atoms with van der Waals surface area (Å²) in [5.74, 6) is 0.959. The molecule has 2 heterocycles. The van der Waals surface area contributed by atoms with Gasteiger partial charge in [0.25, 0.3) is 0 Å². The van der Waals surface area contributed by atoms with Crippen LogP contribution >= 0.6 is 0 Å². The Hall–Kier alpha value is -1.20. The van der Waals surface area contributed by atoms with Gasteiger partial charge in [-0.2, -0.15) is 0 Å². The minimum Gasteiger partial charge on any atom is -0.353 e. The summed E-state index contributed by atoms with van der Waals surface area (Å²) in [5, 5.41) is 0. The average molecular weight is 249 g/mol. The van der Waals surface area contributed by atoms with E-state index in [4.69, 9.17) is 5.73 Å². The maximum Gasteiger partial charge on any atom is 0.147 e. The molecule has 2 rings (SSSR count). The van der Waals surface area contributed by atoms with Gasteiger partial charge >= 0.3 is 0 Å². The van der Waals surface area contributed by atoms with Crippen molar-refractivity contribution in [2.75, 3.05) is 31.1 Å². The van der Waals surface area contributed by atoms with Crippen LogP contribution < -0.4 is 10.6 Å². The molecule has 1 aromatic heterocycles. The Kier molecular flexibility index (Phi) is 3.82. The fourth-order valence-electron chi connectivity index (χ4n) is 2.22. The van der Waals surface area contributed by atoms with Crippen LogP contribution in [-0.4, -0.2) is 46.6 Å². The zero-order chi connectivity index (χ0) is 13.2. The predicted octanol–water partition coefficient (Wildman–Crippen LogP) is 0.856. The first kappa shape index (κ1) is 13.2. The minimum atomic E-state index is 0.251. The van der Waals surface area contributed by atoms with Gasteiger partial charge in [0.2, 0.25) is 0 Å². The van der Waals surface area contributed by atoms with Gasteiger partial charge in [0, 0.05) is 38.3 Å². The Labute approximate surface area is 109 Å². The normalized spacial score (nSPS) is 18.1. The van der Waals surface area contributed by atoms with Gasteiger partial charge in [-0.05, 0) is 20.8 Å². The number of hydrogen-bond acceptors (Lipinski definition) is 5. The standard InChI is InChI=1S/C13H23N5/c1-13(2,3)18-6-4-17(5-7-18)12-10-15-11(8-14)9-16-12/h9-10H,4-8,14H2,1-3H3. The first-order chi connectivity index (χ1) is 8.50. The highest BCUT2D eigenvalue weighted by molar-refractivity contribution is 5.36. The molecule has 5 heteroatoms. The van der Waals surface area contributed by atoms with E-state index in [0.29, 0.717) is 6.54 Å². The lowest BCUT2D eigenvalue weighted by Crippen LogP contribution is -2.53. The fourth-order valence-corrected chi connectivity index (χ4v) is 2.22. The van der Waals surface area contributed by atoms with E-state index in [1.807, 2.05) is 6.20 Å². The second-order valence-electron chi connectivity index (χ2n) is 5.71. The highest BCUT2D eigenvalue weighted by Gasteiger charge is 2.26. The summed E-state index contributed by atoms with van der Waals surface area (Å²) in [7, 11) is 0. The van der Waals surface area contributed by atoms with E-state index in [0.717, 1.165) is 37.7 Å². The number of piperazine rings is 1. The van der Waals surface area contributed by atoms with E-state index in [1.54, 1.807) is 6.20 Å². The Balaban J connectivity index is 1.96. The lowest BCUT2D eigenvalue weighted by atomic mass is 10.1. The average Bonchev–Trinajstić information content (AvgIpc) is 2.38. The molecule has 5 nitrogen and oxygen atoms in total. The molecule has 0 spiro atoms. The summed E-state index contributed by atoms with van der Waals surface area (Å²) in [5.41, 5.74) is 6.61. The van der Waals surface area contributed by atoms with E-state index < -0.39 is 0 Å². The zero-order valence-corrected chi connectivity index (χ0v) is 11.6. The minimum absolute atomic E-state index is 0.251. The third kappa shape index (κ3) is 2.97. The Bertz CT molecular complexity index is 373. The maximum absolute atomic E-state index is 5.52. The van der Waals surface area contributed by atoms with Crippen LogP contribution in [0.3, 0.4) is 0 Å². The van der Waals surface area contributed by atoms with Crippen LogP contribution in [0.5, 0.6) is 0 Å². The van der Waals surface area contributed by atoms with Gasteiger partial charge in [0.05, 0.1) is 18.1 Å². The topological polar surface area (TPSA) is 58.3 Å². The quantitative estimate of drug-likeness (QED) is 0.842. The number of aromatic nitrogens is 2. The Morgan fingerprint density at radius 1 is 1.11 bits per heavy atom. The molecule has 0 aliphatic carbocycles. The first-order valence-electron chi connectivity index (χ1n) is 6.51. The van der Waals surface area contributed by atoms with Crippen molar-refractivity contribution < 1.29 is 0 Å². The van der Waals surface area contributed by atoms with Crippen molar-refractivity contribution in [2.24, 2.45) is 5.73 Å². The van der Waals surface area contributed by atoms with E-state index in [9.17, 15) is 0 Å². The molecule has 1 saturated heterocycles. The molecule has 0 bridgehead atoms. The summed E-state index contributed by atoms with van der Waals surface area (Å²) in [4.78, 5) is 13.5. The first-order valence-corrected chi connectivity index (χ1v) is 6.51. The lowest BCUT2D eigenvalue weighted by molar-refractivity contribution is 0.128. The second-order valence-corrected chi connectivity index (χ2v) is 5.71. The van der Waals surface area contributed by atoms with E-state index in [1.165, 1.54) is 0 Å². The molecule has 1 fully saturated rings. The molecule has 1 aliphatic rings. The monoisotopic (exact) mass is 249 g/mol. The largest absolute Gasteiger partial charge is 0.353 e. The molecule has 0 amide bonds. The van der Waals surface area contributed by atoms with Crippen molar-refractivity contribution in [2.45, 2.75) is 32.9 Å². The molecule has 0 radical (unpaired) electrons. The number of hydrogen-bond donors (Lipinski definition) is 1. The van der Waals surface area contributed by atoms with E-state index >= 15 is 0 Å². The molecule has 0 aromatic carbocycles. The SMILES string of the molecule is CC(C)(C)N1CCN(c2cnc(CN)cn2)CC1. The summed E-state index contributed by atoms with van der Waals surface area (Å²) in [6.07, 6.45) is 3.60. The second kappa shape index (κ2) is 5.20. The predicted molar refractivity (Wildman–Crippen MR) is 73.5 cm³/mol. The van der Waals surface area contributed by atoms with Crippen LogP contribution in [-0.2, 0) is 6.54 Å². The van der Waals surface area contributed by atoms with Crippen LogP contribution in [0.2, 0.25) is 0 Å². The van der Waals surface area contributed by atoms with Gasteiger partial charge in [0.1, 0.15) is 5.82 Å². The third-order valence-corrected chi connectivity index (χ3v) is 3.45. The summed E-state index contributed by atoms with van der Waals surface area (Å²) < 4.78 is 0. The van der Waals surface area contributed by atoms with Crippen LogP contribution in [0.4, 0.5) is 5.82 Å². The van der Waals surface area contributed by atoms with Crippen molar-refractivity contribution >= 4 is 5.82 Å². The smallest absolute Gasteiger partial charge is 0.147 e. The maximum atomic E-state index is 5.52. The number of nitrogens with two attached hydrogens (primary N) is 1. The van der Waals surface area contributed by atoms with Crippen molar-refractivity contribution in [3.05, 3.63) is 18.1 Å². The molecule has 2 N–H and O–H groups in total.